The van der Waals surface area contributed by atoms with Gasteiger partial charge >= 0.3 is 11.7 Å². The summed E-state index contributed by atoms with van der Waals surface area (Å²) in [6.07, 6.45) is 0. The van der Waals surface area contributed by atoms with Gasteiger partial charge in [-0.05, 0) is 36.4 Å². The third-order valence-corrected chi connectivity index (χ3v) is 4.30. The van der Waals surface area contributed by atoms with E-state index in [-0.39, 0.29) is 5.89 Å². The number of carbonyl (C=O) groups is 1. The number of aromatic nitrogens is 1. The number of hydrogen-bond donors (Lipinski definition) is 2. The lowest BCUT2D eigenvalue weighted by Gasteiger charge is -2.13. The molecule has 0 aliphatic heterocycles. The van der Waals surface area contributed by atoms with Gasteiger partial charge in [-0.1, -0.05) is 36.4 Å². The number of urea groups is 1. The highest BCUT2D eigenvalue weighted by molar-refractivity contribution is 6.02. The topological polar surface area (TPSA) is 93.5 Å². The molecule has 2 N–H and O–H groups in total. The maximum atomic E-state index is 12.5. The van der Waals surface area contributed by atoms with Crippen LogP contribution in [0.4, 0.5) is 16.2 Å². The zero-order valence-corrected chi connectivity index (χ0v) is 15.5. The number of benzene rings is 3. The van der Waals surface area contributed by atoms with Gasteiger partial charge in [0.05, 0.1) is 35.0 Å². The van der Waals surface area contributed by atoms with Crippen LogP contribution in [0.15, 0.2) is 82.0 Å². The molecular weight excluding hydrogens is 370 g/mol. The molecule has 7 heteroatoms. The Kier molecular flexibility index (Phi) is 4.94. The van der Waals surface area contributed by atoms with E-state index in [9.17, 15) is 9.59 Å². The van der Waals surface area contributed by atoms with E-state index in [1.807, 2.05) is 6.07 Å². The van der Waals surface area contributed by atoms with Crippen LogP contribution in [0.25, 0.3) is 22.4 Å². The van der Waals surface area contributed by atoms with Crippen molar-refractivity contribution in [3.8, 4) is 17.2 Å². The fourth-order valence-electron chi connectivity index (χ4n) is 2.94. The number of nitrogens with zero attached hydrogens (tertiary/aromatic N) is 1. The summed E-state index contributed by atoms with van der Waals surface area (Å²) in [4.78, 5) is 29.2. The molecule has 0 atom stereocenters. The lowest BCUT2D eigenvalue weighted by atomic mass is 10.1. The Bertz CT molecular complexity index is 1250. The highest BCUT2D eigenvalue weighted by Gasteiger charge is 2.14. The van der Waals surface area contributed by atoms with Crippen LogP contribution in [0, 0.1) is 0 Å². The van der Waals surface area contributed by atoms with Gasteiger partial charge < -0.3 is 19.8 Å². The quantitative estimate of drug-likeness (QED) is 0.537. The van der Waals surface area contributed by atoms with Crippen LogP contribution in [0.5, 0.6) is 5.75 Å². The van der Waals surface area contributed by atoms with E-state index in [2.05, 4.69) is 15.6 Å². The van der Waals surface area contributed by atoms with Gasteiger partial charge in [0.25, 0.3) is 0 Å². The summed E-state index contributed by atoms with van der Waals surface area (Å²) in [6.45, 7) is 0. The summed E-state index contributed by atoms with van der Waals surface area (Å²) in [7, 11) is 1.53. The molecule has 7 nitrogen and oxygen atoms in total. The van der Waals surface area contributed by atoms with Gasteiger partial charge in [0.15, 0.2) is 0 Å². The van der Waals surface area contributed by atoms with Crippen LogP contribution in [-0.2, 0) is 0 Å². The van der Waals surface area contributed by atoms with Crippen LogP contribution in [0.2, 0.25) is 0 Å². The van der Waals surface area contributed by atoms with Crippen molar-refractivity contribution >= 4 is 28.3 Å². The van der Waals surface area contributed by atoms with Crippen molar-refractivity contribution in [2.24, 2.45) is 0 Å². The first-order valence-corrected chi connectivity index (χ1v) is 8.86. The summed E-state index contributed by atoms with van der Waals surface area (Å²) >= 11 is 0. The zero-order valence-electron chi connectivity index (χ0n) is 15.5. The van der Waals surface area contributed by atoms with Gasteiger partial charge in [-0.3, -0.25) is 0 Å². The largest absolute Gasteiger partial charge is 0.495 e. The Hall–Kier alpha value is -4.13. The molecule has 0 bridgehead atoms. The average molecular weight is 387 g/mol. The number of hydrogen-bond acceptors (Lipinski definition) is 5. The minimum Gasteiger partial charge on any atom is -0.495 e. The number of methoxy groups -OCH3 is 1. The molecule has 1 aromatic heterocycles. The Morgan fingerprint density at radius 3 is 2.38 bits per heavy atom. The predicted molar refractivity (Wildman–Crippen MR) is 111 cm³/mol. The van der Waals surface area contributed by atoms with Gasteiger partial charge in [-0.15, -0.1) is 0 Å². The predicted octanol–water partition coefficient (Wildman–Crippen LogP) is 4.51. The highest BCUT2D eigenvalue weighted by Crippen LogP contribution is 2.28. The van der Waals surface area contributed by atoms with Gasteiger partial charge in [-0.2, -0.15) is 0 Å². The molecule has 0 saturated heterocycles. The summed E-state index contributed by atoms with van der Waals surface area (Å²) in [5, 5.41) is 5.91. The van der Waals surface area contributed by atoms with E-state index >= 15 is 0 Å². The molecule has 4 rings (SSSR count). The lowest BCUT2D eigenvalue weighted by molar-refractivity contribution is 0.262. The minimum atomic E-state index is -0.487. The second-order valence-electron chi connectivity index (χ2n) is 6.15. The molecule has 0 aliphatic carbocycles. The Morgan fingerprint density at radius 1 is 0.897 bits per heavy atom. The maximum Gasteiger partial charge on any atom is 0.347 e. The van der Waals surface area contributed by atoms with Crippen molar-refractivity contribution in [1.82, 2.24) is 4.98 Å². The molecular formula is C22H17N3O4. The zero-order chi connectivity index (χ0) is 20.2. The van der Waals surface area contributed by atoms with Gasteiger partial charge in [0.2, 0.25) is 5.89 Å². The number of ether oxygens (including phenoxy) is 1. The van der Waals surface area contributed by atoms with E-state index < -0.39 is 11.7 Å². The molecule has 0 saturated carbocycles. The van der Waals surface area contributed by atoms with Crippen molar-refractivity contribution in [3.63, 3.8) is 0 Å². The highest BCUT2D eigenvalue weighted by atomic mass is 16.5. The molecule has 0 fully saturated rings. The smallest absolute Gasteiger partial charge is 0.347 e. The van der Waals surface area contributed by atoms with Crippen LogP contribution in [0.1, 0.15) is 0 Å². The summed E-state index contributed by atoms with van der Waals surface area (Å²) in [5.74, 6) is 0.667. The third kappa shape index (κ3) is 3.79. The Morgan fingerprint density at radius 2 is 1.55 bits per heavy atom. The number of nitrogens with one attached hydrogen (secondary N) is 2. The van der Waals surface area contributed by atoms with Crippen LogP contribution in [-0.4, -0.2) is 18.1 Å². The summed E-state index contributed by atoms with van der Waals surface area (Å²) < 4.78 is 10.6. The molecule has 0 spiro atoms. The minimum absolute atomic E-state index is 0.127. The first-order chi connectivity index (χ1) is 14.2. The van der Waals surface area contributed by atoms with Crippen molar-refractivity contribution < 1.29 is 13.9 Å². The second-order valence-corrected chi connectivity index (χ2v) is 6.15. The second kappa shape index (κ2) is 7.85. The molecule has 0 unspecified atom stereocenters. The maximum absolute atomic E-state index is 12.5. The lowest BCUT2D eigenvalue weighted by Crippen LogP contribution is -2.20. The number of anilines is 2. The number of para-hydroxylation sites is 4. The molecule has 29 heavy (non-hydrogen) atoms. The van der Waals surface area contributed by atoms with Gasteiger partial charge in [0, 0.05) is 0 Å². The normalized spacial score (nSPS) is 10.5. The third-order valence-electron chi connectivity index (χ3n) is 4.30. The number of amides is 2. The van der Waals surface area contributed by atoms with E-state index in [0.29, 0.717) is 33.6 Å². The molecule has 2 amide bonds. The van der Waals surface area contributed by atoms with Crippen molar-refractivity contribution in [2.75, 3.05) is 17.7 Å². The van der Waals surface area contributed by atoms with Crippen LogP contribution < -0.4 is 21.0 Å². The van der Waals surface area contributed by atoms with Gasteiger partial charge in [-0.25, -0.2) is 14.6 Å². The van der Waals surface area contributed by atoms with E-state index in [1.165, 1.54) is 7.11 Å². The standard InChI is InChI=1S/C22H17N3O4/c1-28-19-13-7-6-12-18(19)25-22(27)24-16-10-4-2-8-14(16)20-23-17-11-5-3-9-15(17)21(26)29-20/h2-13H,1H3,(H2,24,25,27). The summed E-state index contributed by atoms with van der Waals surface area (Å²) in [5.41, 5.74) is 1.50. The van der Waals surface area contributed by atoms with Crippen molar-refractivity contribution in [1.29, 1.82) is 0 Å². The average Bonchev–Trinajstić information content (AvgIpc) is 2.74. The molecule has 1 heterocycles. The first-order valence-electron chi connectivity index (χ1n) is 8.86. The number of rotatable bonds is 4. The van der Waals surface area contributed by atoms with Crippen molar-refractivity contribution in [3.05, 3.63) is 83.2 Å². The van der Waals surface area contributed by atoms with E-state index in [1.54, 1.807) is 66.7 Å². The molecule has 3 aromatic carbocycles. The van der Waals surface area contributed by atoms with Crippen LogP contribution in [0.3, 0.4) is 0 Å². The SMILES string of the molecule is COc1ccccc1NC(=O)Nc1ccccc1-c1nc2ccccc2c(=O)o1. The molecule has 144 valence electrons. The molecule has 0 aliphatic rings. The molecule has 0 radical (unpaired) electrons. The Balaban J connectivity index is 1.65. The number of carbonyl (C=O) groups excluding carboxylic acids is 1. The number of fused-ring (bicyclic) bond motifs is 1. The summed E-state index contributed by atoms with van der Waals surface area (Å²) in [6, 6.07) is 20.5. The molecule has 4 aromatic rings. The van der Waals surface area contributed by atoms with E-state index in [0.717, 1.165) is 0 Å². The van der Waals surface area contributed by atoms with Crippen LogP contribution >= 0.6 is 0 Å². The van der Waals surface area contributed by atoms with Crippen molar-refractivity contribution in [2.45, 2.75) is 0 Å². The first kappa shape index (κ1) is 18.2. The fourth-order valence-corrected chi connectivity index (χ4v) is 2.94. The monoisotopic (exact) mass is 387 g/mol. The fraction of sp³-hybridized carbons (Fsp3) is 0.0455. The van der Waals surface area contributed by atoms with E-state index in [4.69, 9.17) is 9.15 Å². The van der Waals surface area contributed by atoms with Gasteiger partial charge in [0.1, 0.15) is 5.75 Å². The Labute approximate surface area is 166 Å².